The predicted molar refractivity (Wildman–Crippen MR) is 133 cm³/mol. The molecule has 4 heterocycles. The fraction of sp³-hybridized carbons (Fsp3) is 0.346. The Hall–Kier alpha value is -3.49. The zero-order valence-corrected chi connectivity index (χ0v) is 19.4. The Bertz CT molecular complexity index is 1050. The molecule has 2 aliphatic rings. The van der Waals surface area contributed by atoms with Crippen molar-refractivity contribution in [2.24, 2.45) is 0 Å². The summed E-state index contributed by atoms with van der Waals surface area (Å²) in [7, 11) is 0. The Morgan fingerprint density at radius 2 is 1.29 bits per heavy atom. The van der Waals surface area contributed by atoms with E-state index in [1.165, 1.54) is 12.2 Å². The summed E-state index contributed by atoms with van der Waals surface area (Å²) in [6, 6.07) is 7.75. The van der Waals surface area contributed by atoms with E-state index in [0.29, 0.717) is 26.4 Å². The van der Waals surface area contributed by atoms with Crippen molar-refractivity contribution in [3.63, 3.8) is 0 Å². The van der Waals surface area contributed by atoms with E-state index in [4.69, 9.17) is 9.47 Å². The Morgan fingerprint density at radius 1 is 0.824 bits per heavy atom. The Morgan fingerprint density at radius 3 is 1.74 bits per heavy atom. The van der Waals surface area contributed by atoms with E-state index >= 15 is 0 Å². The number of ketones is 1. The number of nitrogens with zero attached hydrogens (tertiary/aromatic N) is 4. The molecule has 4 rings (SSSR count). The first-order chi connectivity index (χ1) is 16.6. The molecule has 34 heavy (non-hydrogen) atoms. The summed E-state index contributed by atoms with van der Waals surface area (Å²) in [5.74, 6) is 1.47. The van der Waals surface area contributed by atoms with Gasteiger partial charge in [-0.05, 0) is 66.6 Å². The van der Waals surface area contributed by atoms with Gasteiger partial charge in [0.05, 0.1) is 26.4 Å². The van der Waals surface area contributed by atoms with Gasteiger partial charge in [-0.3, -0.25) is 4.79 Å². The highest BCUT2D eigenvalue weighted by molar-refractivity contribution is 6.06. The second-order valence-corrected chi connectivity index (χ2v) is 8.14. The normalized spacial score (nSPS) is 17.9. The van der Waals surface area contributed by atoms with Crippen LogP contribution in [0.2, 0.25) is 0 Å². The van der Waals surface area contributed by atoms with Gasteiger partial charge in [0.1, 0.15) is 17.4 Å². The number of aliphatic hydroxyl groups excluding tert-OH is 1. The lowest BCUT2D eigenvalue weighted by Gasteiger charge is -2.27. The molecule has 0 spiro atoms. The van der Waals surface area contributed by atoms with Crippen molar-refractivity contribution in [3.8, 4) is 0 Å². The van der Waals surface area contributed by atoms with Crippen LogP contribution in [0.25, 0.3) is 12.2 Å². The maximum atomic E-state index is 12.5. The summed E-state index contributed by atoms with van der Waals surface area (Å²) in [6.07, 6.45) is 9.89. The van der Waals surface area contributed by atoms with Crippen LogP contribution >= 0.6 is 0 Å². The van der Waals surface area contributed by atoms with Gasteiger partial charge in [0.15, 0.2) is 5.78 Å². The smallest absolute Gasteiger partial charge is 0.185 e. The van der Waals surface area contributed by atoms with Crippen molar-refractivity contribution in [2.75, 3.05) is 62.4 Å². The Kier molecular flexibility index (Phi) is 8.06. The fourth-order valence-corrected chi connectivity index (χ4v) is 3.67. The molecule has 2 saturated heterocycles. The van der Waals surface area contributed by atoms with Gasteiger partial charge in [-0.15, -0.1) is 0 Å². The lowest BCUT2D eigenvalue weighted by atomic mass is 10.1. The third-order valence-corrected chi connectivity index (χ3v) is 5.83. The molecule has 0 radical (unpaired) electrons. The number of aromatic nitrogens is 2. The van der Waals surface area contributed by atoms with Crippen LogP contribution in [0.4, 0.5) is 11.6 Å². The summed E-state index contributed by atoms with van der Waals surface area (Å²) in [6.45, 7) is 7.74. The lowest BCUT2D eigenvalue weighted by Crippen LogP contribution is -2.36. The molecule has 0 amide bonds. The topological polar surface area (TPSA) is 88.0 Å². The van der Waals surface area contributed by atoms with Gasteiger partial charge in [0.2, 0.25) is 0 Å². The number of allylic oxidation sites excluding steroid dienone is 3. The zero-order chi connectivity index (χ0) is 23.8. The average molecular weight is 463 g/mol. The maximum absolute atomic E-state index is 12.5. The number of hydrogen-bond acceptors (Lipinski definition) is 8. The van der Waals surface area contributed by atoms with Crippen LogP contribution in [0, 0.1) is 0 Å². The van der Waals surface area contributed by atoms with Gasteiger partial charge in [0.25, 0.3) is 0 Å². The van der Waals surface area contributed by atoms with E-state index in [0.717, 1.165) is 48.9 Å². The first-order valence-electron chi connectivity index (χ1n) is 11.5. The van der Waals surface area contributed by atoms with Crippen LogP contribution in [0.5, 0.6) is 0 Å². The van der Waals surface area contributed by atoms with Crippen LogP contribution in [-0.2, 0) is 14.3 Å². The lowest BCUT2D eigenvalue weighted by molar-refractivity contribution is -0.111. The van der Waals surface area contributed by atoms with Gasteiger partial charge in [-0.1, -0.05) is 0 Å². The largest absolute Gasteiger partial charge is 0.508 e. The van der Waals surface area contributed by atoms with E-state index in [1.54, 1.807) is 31.5 Å². The van der Waals surface area contributed by atoms with E-state index in [9.17, 15) is 9.90 Å². The minimum Gasteiger partial charge on any atom is -0.508 e. The molecule has 8 nitrogen and oxygen atoms in total. The highest BCUT2D eigenvalue weighted by atomic mass is 16.5. The molecule has 2 fully saturated rings. The summed E-state index contributed by atoms with van der Waals surface area (Å²) in [4.78, 5) is 25.8. The van der Waals surface area contributed by atoms with E-state index in [-0.39, 0.29) is 17.1 Å². The summed E-state index contributed by atoms with van der Waals surface area (Å²) in [5.41, 5.74) is 1.92. The van der Waals surface area contributed by atoms with Crippen molar-refractivity contribution in [3.05, 3.63) is 71.3 Å². The number of rotatable bonds is 7. The Labute approximate surface area is 199 Å². The minimum atomic E-state index is -0.264. The molecule has 2 aromatic heterocycles. The molecular weight excluding hydrogens is 432 g/mol. The van der Waals surface area contributed by atoms with Gasteiger partial charge in [-0.2, -0.15) is 0 Å². The van der Waals surface area contributed by atoms with Gasteiger partial charge >= 0.3 is 0 Å². The fourth-order valence-electron chi connectivity index (χ4n) is 3.67. The molecule has 1 N–H and O–H groups in total. The molecule has 0 aromatic carbocycles. The SMILES string of the molecule is C/C(C(=O)/C=C/c1ccc(N2CCOCC2)nc1)=C(O)\C=C\c1ccc(N2CCOCC2)nc1. The third kappa shape index (κ3) is 6.30. The number of carbonyl (C=O) groups is 1. The van der Waals surface area contributed by atoms with E-state index < -0.39 is 0 Å². The van der Waals surface area contributed by atoms with Crippen LogP contribution < -0.4 is 9.80 Å². The number of pyridine rings is 2. The zero-order valence-electron chi connectivity index (χ0n) is 19.4. The van der Waals surface area contributed by atoms with Gasteiger partial charge in [0, 0.05) is 44.1 Å². The minimum absolute atomic E-state index is 0.0762. The summed E-state index contributed by atoms with van der Waals surface area (Å²) in [5, 5.41) is 10.4. The number of aliphatic hydroxyl groups is 1. The molecule has 0 saturated carbocycles. The van der Waals surface area contributed by atoms with Crippen molar-refractivity contribution < 1.29 is 19.4 Å². The number of morpholine rings is 2. The highest BCUT2D eigenvalue weighted by Crippen LogP contribution is 2.16. The Balaban J connectivity index is 1.34. The second-order valence-electron chi connectivity index (χ2n) is 8.14. The first kappa shape index (κ1) is 23.7. The molecule has 2 aliphatic heterocycles. The van der Waals surface area contributed by atoms with E-state index in [2.05, 4.69) is 19.8 Å². The van der Waals surface area contributed by atoms with Crippen molar-refractivity contribution >= 4 is 29.6 Å². The molecule has 178 valence electrons. The van der Waals surface area contributed by atoms with Crippen molar-refractivity contribution in [1.29, 1.82) is 0 Å². The monoisotopic (exact) mass is 462 g/mol. The van der Waals surface area contributed by atoms with Crippen LogP contribution in [-0.4, -0.2) is 73.5 Å². The predicted octanol–water partition coefficient (Wildman–Crippen LogP) is 3.28. The van der Waals surface area contributed by atoms with Crippen LogP contribution in [0.1, 0.15) is 18.1 Å². The molecule has 0 atom stereocenters. The first-order valence-corrected chi connectivity index (χ1v) is 11.5. The number of ether oxygens (including phenoxy) is 2. The molecular formula is C26H30N4O4. The van der Waals surface area contributed by atoms with Crippen molar-refractivity contribution in [2.45, 2.75) is 6.92 Å². The average Bonchev–Trinajstić information content (AvgIpc) is 2.91. The standard InChI is InChI=1S/C26H30N4O4/c1-20(23(31)6-2-21-4-8-25(27-18-21)29-10-14-33-15-11-29)24(32)7-3-22-5-9-26(28-19-22)30-12-16-34-17-13-30/h2-9,18-19,31H,10-17H2,1H3/b6-2+,7-3+,23-20-. The van der Waals surface area contributed by atoms with Crippen LogP contribution in [0.15, 0.2) is 60.1 Å². The van der Waals surface area contributed by atoms with E-state index in [1.807, 2.05) is 24.3 Å². The number of carbonyl (C=O) groups excluding carboxylic acids is 1. The molecule has 8 heteroatoms. The molecule has 0 unspecified atom stereocenters. The molecule has 0 bridgehead atoms. The van der Waals surface area contributed by atoms with Crippen LogP contribution in [0.3, 0.4) is 0 Å². The second kappa shape index (κ2) is 11.6. The molecule has 2 aromatic rings. The summed E-state index contributed by atoms with van der Waals surface area (Å²) < 4.78 is 10.7. The van der Waals surface area contributed by atoms with Crippen molar-refractivity contribution in [1.82, 2.24) is 9.97 Å². The number of anilines is 2. The number of hydrogen-bond donors (Lipinski definition) is 1. The van der Waals surface area contributed by atoms with Gasteiger partial charge in [-0.25, -0.2) is 9.97 Å². The molecule has 0 aliphatic carbocycles. The summed E-state index contributed by atoms with van der Waals surface area (Å²) >= 11 is 0. The highest BCUT2D eigenvalue weighted by Gasteiger charge is 2.13. The maximum Gasteiger partial charge on any atom is 0.185 e. The van der Waals surface area contributed by atoms with Gasteiger partial charge < -0.3 is 24.4 Å². The quantitative estimate of drug-likeness (QED) is 0.381. The third-order valence-electron chi connectivity index (χ3n) is 5.83.